The standard InChI is InChI=1S/C28H32N6O4/c1-4-20(38-27(37)29-17-28(5-2,6-3)26(35)36)16-18-11-13-23-19(15-18)12-14-24(30-23)21-9-7-8-10-22(21)25-31-33-34-32-25/h7-15,20H,4-6,16-17H2,1-3H3,(H,29,37)(H,35,36)(H,31,32,33,34). The van der Waals surface area contributed by atoms with E-state index >= 15 is 0 Å². The molecule has 0 spiro atoms. The van der Waals surface area contributed by atoms with Gasteiger partial charge in [0.15, 0.2) is 0 Å². The number of alkyl carbamates (subject to hydrolysis) is 1. The second-order valence-corrected chi connectivity index (χ2v) is 9.29. The first-order valence-electron chi connectivity index (χ1n) is 12.8. The van der Waals surface area contributed by atoms with Gasteiger partial charge in [0.2, 0.25) is 5.82 Å². The molecule has 1 unspecified atom stereocenters. The van der Waals surface area contributed by atoms with Gasteiger partial charge in [-0.15, -0.1) is 10.2 Å². The Kier molecular flexibility index (Phi) is 8.30. The number of benzene rings is 2. The van der Waals surface area contributed by atoms with Crippen LogP contribution in [0.2, 0.25) is 0 Å². The van der Waals surface area contributed by atoms with Gasteiger partial charge >= 0.3 is 12.1 Å². The molecule has 4 aromatic rings. The Morgan fingerprint density at radius 2 is 1.82 bits per heavy atom. The van der Waals surface area contributed by atoms with Gasteiger partial charge in [0, 0.05) is 29.5 Å². The predicted octanol–water partition coefficient (Wildman–Crippen LogP) is 5.02. The van der Waals surface area contributed by atoms with Crippen molar-refractivity contribution >= 4 is 23.0 Å². The quantitative estimate of drug-likeness (QED) is 0.252. The molecular weight excluding hydrogens is 484 g/mol. The molecule has 0 saturated carbocycles. The second kappa shape index (κ2) is 11.8. The van der Waals surface area contributed by atoms with Crippen LogP contribution in [0.15, 0.2) is 54.6 Å². The van der Waals surface area contributed by atoms with E-state index in [1.165, 1.54) is 0 Å². The summed E-state index contributed by atoms with van der Waals surface area (Å²) in [6.45, 7) is 5.60. The number of carboxylic acid groups (broad SMARTS) is 1. The van der Waals surface area contributed by atoms with E-state index in [0.717, 1.165) is 33.3 Å². The van der Waals surface area contributed by atoms with Crippen LogP contribution in [0.4, 0.5) is 4.79 Å². The number of amides is 1. The lowest BCUT2D eigenvalue weighted by molar-refractivity contribution is -0.149. The number of hydrogen-bond acceptors (Lipinski definition) is 7. The minimum Gasteiger partial charge on any atom is -0.481 e. The number of pyridine rings is 1. The maximum atomic E-state index is 12.4. The molecule has 10 heteroatoms. The number of aromatic amines is 1. The summed E-state index contributed by atoms with van der Waals surface area (Å²) in [5.74, 6) is -0.411. The highest BCUT2D eigenvalue weighted by Gasteiger charge is 2.35. The van der Waals surface area contributed by atoms with Crippen LogP contribution < -0.4 is 5.32 Å². The molecule has 198 valence electrons. The lowest BCUT2D eigenvalue weighted by atomic mass is 9.82. The summed E-state index contributed by atoms with van der Waals surface area (Å²) in [5.41, 5.74) is 3.41. The molecule has 0 radical (unpaired) electrons. The molecule has 0 aliphatic heterocycles. The predicted molar refractivity (Wildman–Crippen MR) is 143 cm³/mol. The van der Waals surface area contributed by atoms with Crippen molar-refractivity contribution in [3.05, 3.63) is 60.2 Å². The van der Waals surface area contributed by atoms with Crippen molar-refractivity contribution in [3.63, 3.8) is 0 Å². The average molecular weight is 517 g/mol. The fraction of sp³-hybridized carbons (Fsp3) is 0.357. The number of tetrazole rings is 1. The number of carboxylic acids is 1. The Hall–Kier alpha value is -4.34. The van der Waals surface area contributed by atoms with Crippen LogP contribution in [-0.2, 0) is 16.0 Å². The van der Waals surface area contributed by atoms with Crippen molar-refractivity contribution < 1.29 is 19.4 Å². The van der Waals surface area contributed by atoms with E-state index in [9.17, 15) is 14.7 Å². The van der Waals surface area contributed by atoms with E-state index in [-0.39, 0.29) is 12.6 Å². The van der Waals surface area contributed by atoms with Crippen molar-refractivity contribution in [1.29, 1.82) is 0 Å². The van der Waals surface area contributed by atoms with E-state index < -0.39 is 17.5 Å². The number of ether oxygens (including phenoxy) is 1. The molecule has 0 bridgehead atoms. The number of aliphatic carboxylic acids is 1. The number of carbonyl (C=O) groups is 2. The minimum absolute atomic E-state index is 0.0322. The molecule has 2 aromatic carbocycles. The van der Waals surface area contributed by atoms with Gasteiger partial charge in [0.1, 0.15) is 6.10 Å². The molecule has 3 N–H and O–H groups in total. The van der Waals surface area contributed by atoms with Gasteiger partial charge in [0.05, 0.1) is 16.6 Å². The molecule has 1 amide bonds. The van der Waals surface area contributed by atoms with Crippen LogP contribution in [0.3, 0.4) is 0 Å². The Morgan fingerprint density at radius 3 is 2.47 bits per heavy atom. The van der Waals surface area contributed by atoms with E-state index in [1.807, 2.05) is 75.4 Å². The number of nitrogens with one attached hydrogen (secondary N) is 2. The van der Waals surface area contributed by atoms with E-state index in [0.29, 0.717) is 31.5 Å². The third kappa shape index (κ3) is 5.80. The highest BCUT2D eigenvalue weighted by Crippen LogP contribution is 2.30. The van der Waals surface area contributed by atoms with Crippen molar-refractivity contribution in [1.82, 2.24) is 30.9 Å². The fourth-order valence-electron chi connectivity index (χ4n) is 4.47. The van der Waals surface area contributed by atoms with Crippen molar-refractivity contribution in [2.75, 3.05) is 6.54 Å². The van der Waals surface area contributed by atoms with Crippen molar-refractivity contribution in [2.45, 2.75) is 52.6 Å². The Balaban J connectivity index is 1.46. The van der Waals surface area contributed by atoms with Crippen LogP contribution >= 0.6 is 0 Å². The highest BCUT2D eigenvalue weighted by molar-refractivity contribution is 5.85. The fourth-order valence-corrected chi connectivity index (χ4v) is 4.47. The molecular formula is C28H32N6O4. The summed E-state index contributed by atoms with van der Waals surface area (Å²) in [5, 5.41) is 27.6. The molecule has 2 aromatic heterocycles. The lowest BCUT2D eigenvalue weighted by Gasteiger charge is -2.27. The smallest absolute Gasteiger partial charge is 0.407 e. The molecule has 0 aliphatic rings. The first-order valence-corrected chi connectivity index (χ1v) is 12.8. The Bertz CT molecular complexity index is 1400. The largest absolute Gasteiger partial charge is 0.481 e. The summed E-state index contributed by atoms with van der Waals surface area (Å²) >= 11 is 0. The Labute approximate surface area is 220 Å². The molecule has 38 heavy (non-hydrogen) atoms. The van der Waals surface area contributed by atoms with Crippen LogP contribution in [0.1, 0.15) is 45.6 Å². The lowest BCUT2D eigenvalue weighted by Crippen LogP contribution is -2.43. The van der Waals surface area contributed by atoms with Crippen LogP contribution in [0, 0.1) is 5.41 Å². The van der Waals surface area contributed by atoms with Crippen LogP contribution in [-0.4, -0.2) is 55.4 Å². The van der Waals surface area contributed by atoms with Gasteiger partial charge in [-0.3, -0.25) is 4.79 Å². The van der Waals surface area contributed by atoms with E-state index in [1.54, 1.807) is 0 Å². The van der Waals surface area contributed by atoms with Crippen LogP contribution in [0.25, 0.3) is 33.5 Å². The average Bonchev–Trinajstić information content (AvgIpc) is 3.48. The number of H-pyrrole nitrogens is 1. The van der Waals surface area contributed by atoms with Crippen molar-refractivity contribution in [3.8, 4) is 22.6 Å². The normalized spacial score (nSPS) is 12.3. The molecule has 1 atom stereocenters. The van der Waals surface area contributed by atoms with Gasteiger partial charge in [-0.25, -0.2) is 9.78 Å². The number of aromatic nitrogens is 5. The van der Waals surface area contributed by atoms with Gasteiger partial charge in [-0.05, 0) is 48.2 Å². The first kappa shape index (κ1) is 26.7. The second-order valence-electron chi connectivity index (χ2n) is 9.29. The Morgan fingerprint density at radius 1 is 1.05 bits per heavy atom. The van der Waals surface area contributed by atoms with E-state index in [2.05, 4.69) is 25.9 Å². The number of hydrogen-bond donors (Lipinski definition) is 3. The van der Waals surface area contributed by atoms with E-state index in [4.69, 9.17) is 9.72 Å². The summed E-state index contributed by atoms with van der Waals surface area (Å²) in [7, 11) is 0. The van der Waals surface area contributed by atoms with Gasteiger partial charge < -0.3 is 15.2 Å². The van der Waals surface area contributed by atoms with Gasteiger partial charge in [-0.2, -0.15) is 5.21 Å². The zero-order chi connectivity index (χ0) is 27.1. The van der Waals surface area contributed by atoms with Gasteiger partial charge in [-0.1, -0.05) is 57.2 Å². The summed E-state index contributed by atoms with van der Waals surface area (Å²) in [6.07, 6.45) is 1.06. The van der Waals surface area contributed by atoms with Crippen LogP contribution in [0.5, 0.6) is 0 Å². The number of rotatable bonds is 11. The number of carbonyl (C=O) groups excluding carboxylic acids is 1. The molecule has 0 aliphatic carbocycles. The maximum absolute atomic E-state index is 12.4. The maximum Gasteiger partial charge on any atom is 0.407 e. The third-order valence-electron chi connectivity index (χ3n) is 7.11. The summed E-state index contributed by atoms with van der Waals surface area (Å²) in [4.78, 5) is 29.0. The topological polar surface area (TPSA) is 143 Å². The number of fused-ring (bicyclic) bond motifs is 1. The monoisotopic (exact) mass is 516 g/mol. The zero-order valence-corrected chi connectivity index (χ0v) is 21.8. The SMILES string of the molecule is CCC(Cc1ccc2nc(-c3ccccc3-c3nn[nH]n3)ccc2c1)OC(=O)NCC(CC)(CC)C(=O)O. The van der Waals surface area contributed by atoms with Crippen molar-refractivity contribution in [2.24, 2.45) is 5.41 Å². The molecule has 0 fully saturated rings. The summed E-state index contributed by atoms with van der Waals surface area (Å²) < 4.78 is 5.63. The summed E-state index contributed by atoms with van der Waals surface area (Å²) in [6, 6.07) is 17.7. The highest BCUT2D eigenvalue weighted by atomic mass is 16.6. The molecule has 4 rings (SSSR count). The molecule has 10 nitrogen and oxygen atoms in total. The first-order chi connectivity index (χ1) is 18.4. The van der Waals surface area contributed by atoms with Gasteiger partial charge in [0.25, 0.3) is 0 Å². The zero-order valence-electron chi connectivity index (χ0n) is 21.8. The third-order valence-corrected chi connectivity index (χ3v) is 7.11. The molecule has 2 heterocycles. The molecule has 0 saturated heterocycles. The minimum atomic E-state index is -0.989. The number of nitrogens with zero attached hydrogens (tertiary/aromatic N) is 4.